The molecule has 0 atom stereocenters. The van der Waals surface area contributed by atoms with Crippen LogP contribution in [0.3, 0.4) is 0 Å². The molecule has 0 unspecified atom stereocenters. The van der Waals surface area contributed by atoms with Crippen LogP contribution in [0.5, 0.6) is 0 Å². The topological polar surface area (TPSA) is 63.2 Å². The van der Waals surface area contributed by atoms with Crippen molar-refractivity contribution in [3.8, 4) is 0 Å². The Hall–Kier alpha value is -1.36. The summed E-state index contributed by atoms with van der Waals surface area (Å²) < 4.78 is 22.2. The maximum absolute atomic E-state index is 12.1. The molecule has 1 aliphatic rings. The Balaban J connectivity index is 2.13. The van der Waals surface area contributed by atoms with Gasteiger partial charge in [-0.3, -0.25) is 4.79 Å². The number of hydrogen-bond acceptors (Lipinski definition) is 3. The van der Waals surface area contributed by atoms with Crippen LogP contribution in [-0.4, -0.2) is 20.4 Å². The summed E-state index contributed by atoms with van der Waals surface area (Å²) in [5, 5.41) is 2.92. The zero-order valence-corrected chi connectivity index (χ0v) is 11.0. The van der Waals surface area contributed by atoms with E-state index in [9.17, 15) is 13.2 Å². The highest BCUT2D eigenvalue weighted by atomic mass is 32.2. The van der Waals surface area contributed by atoms with Crippen LogP contribution in [-0.2, 0) is 10.7 Å². The first-order chi connectivity index (χ1) is 8.68. The molecule has 0 aromatic heterocycles. The molecule has 1 fully saturated rings. The number of hydrogen-bond donors (Lipinski definition) is 2. The maximum Gasteiger partial charge on any atom is 0.252 e. The SMILES string of the molecule is O=C(NC1CCCCC1)c1ccccc1[SH](=O)=O. The summed E-state index contributed by atoms with van der Waals surface area (Å²) in [7, 11) is -2.73. The smallest absolute Gasteiger partial charge is 0.252 e. The van der Waals surface area contributed by atoms with E-state index in [2.05, 4.69) is 5.32 Å². The van der Waals surface area contributed by atoms with E-state index in [1.807, 2.05) is 0 Å². The third-order valence-corrected chi connectivity index (χ3v) is 4.07. The third kappa shape index (κ3) is 3.10. The van der Waals surface area contributed by atoms with Gasteiger partial charge in [0.05, 0.1) is 10.5 Å². The number of carbonyl (C=O) groups is 1. The average molecular weight is 267 g/mol. The standard InChI is InChI=1S/C13H17NO3S/c15-13(14-10-6-2-1-3-7-10)11-8-4-5-9-12(11)18(16)17/h4-5,8-10,18H,1-3,6-7H2,(H,14,15). The number of amides is 1. The van der Waals surface area contributed by atoms with Crippen LogP contribution >= 0.6 is 0 Å². The molecule has 4 nitrogen and oxygen atoms in total. The summed E-state index contributed by atoms with van der Waals surface area (Å²) in [6, 6.07) is 6.50. The molecule has 0 spiro atoms. The molecular weight excluding hydrogens is 250 g/mol. The number of nitrogens with one attached hydrogen (secondary N) is 1. The molecule has 1 amide bonds. The quantitative estimate of drug-likeness (QED) is 0.820. The minimum absolute atomic E-state index is 0.0980. The van der Waals surface area contributed by atoms with Crippen molar-refractivity contribution in [1.82, 2.24) is 5.32 Å². The second-order valence-electron chi connectivity index (χ2n) is 4.58. The van der Waals surface area contributed by atoms with E-state index in [-0.39, 0.29) is 22.4 Å². The second kappa shape index (κ2) is 6.00. The van der Waals surface area contributed by atoms with Crippen LogP contribution in [0.4, 0.5) is 0 Å². The third-order valence-electron chi connectivity index (χ3n) is 3.29. The summed E-state index contributed by atoms with van der Waals surface area (Å²) in [5.41, 5.74) is 0.249. The summed E-state index contributed by atoms with van der Waals surface area (Å²) in [4.78, 5) is 12.2. The Bertz CT molecular complexity index is 497. The molecule has 0 heterocycles. The van der Waals surface area contributed by atoms with Gasteiger partial charge in [0.2, 0.25) is 0 Å². The van der Waals surface area contributed by atoms with Crippen LogP contribution in [0.25, 0.3) is 0 Å². The van der Waals surface area contributed by atoms with Crippen molar-refractivity contribution in [1.29, 1.82) is 0 Å². The van der Waals surface area contributed by atoms with E-state index < -0.39 is 10.7 Å². The zero-order chi connectivity index (χ0) is 13.0. The van der Waals surface area contributed by atoms with Crippen molar-refractivity contribution >= 4 is 16.6 Å². The van der Waals surface area contributed by atoms with E-state index in [0.29, 0.717) is 0 Å². The molecule has 0 bridgehead atoms. The molecular formula is C13H17NO3S. The predicted molar refractivity (Wildman–Crippen MR) is 69.4 cm³/mol. The highest BCUT2D eigenvalue weighted by molar-refractivity contribution is 7.72. The first-order valence-electron chi connectivity index (χ1n) is 6.23. The molecule has 1 aliphatic carbocycles. The van der Waals surface area contributed by atoms with Gasteiger partial charge in [-0.15, -0.1) is 0 Å². The van der Waals surface area contributed by atoms with Crippen LogP contribution in [0, 0.1) is 0 Å². The largest absolute Gasteiger partial charge is 0.349 e. The summed E-state index contributed by atoms with van der Waals surface area (Å²) in [6.45, 7) is 0. The highest BCUT2D eigenvalue weighted by Crippen LogP contribution is 2.18. The van der Waals surface area contributed by atoms with Gasteiger partial charge in [0.25, 0.3) is 5.91 Å². The molecule has 18 heavy (non-hydrogen) atoms. The number of rotatable bonds is 3. The molecule has 1 N–H and O–H groups in total. The molecule has 0 aliphatic heterocycles. The predicted octanol–water partition coefficient (Wildman–Crippen LogP) is 1.72. The minimum Gasteiger partial charge on any atom is -0.349 e. The monoisotopic (exact) mass is 267 g/mol. The van der Waals surface area contributed by atoms with Gasteiger partial charge in [-0.25, -0.2) is 8.42 Å². The van der Waals surface area contributed by atoms with Crippen molar-refractivity contribution in [3.05, 3.63) is 29.8 Å². The van der Waals surface area contributed by atoms with Crippen LogP contribution in [0.2, 0.25) is 0 Å². The van der Waals surface area contributed by atoms with Crippen molar-refractivity contribution < 1.29 is 13.2 Å². The number of carbonyl (C=O) groups excluding carboxylic acids is 1. The Morgan fingerprint density at radius 2 is 1.78 bits per heavy atom. The first-order valence-corrected chi connectivity index (χ1v) is 7.40. The Kier molecular flexibility index (Phi) is 4.36. The Labute approximate surface area is 108 Å². The lowest BCUT2D eigenvalue weighted by Gasteiger charge is -2.22. The van der Waals surface area contributed by atoms with Gasteiger partial charge < -0.3 is 5.32 Å². The van der Waals surface area contributed by atoms with Gasteiger partial charge in [-0.1, -0.05) is 31.4 Å². The van der Waals surface area contributed by atoms with E-state index >= 15 is 0 Å². The van der Waals surface area contributed by atoms with Crippen LogP contribution in [0.15, 0.2) is 29.2 Å². The molecule has 1 aromatic carbocycles. The van der Waals surface area contributed by atoms with Gasteiger partial charge >= 0.3 is 0 Å². The van der Waals surface area contributed by atoms with Crippen molar-refractivity contribution in [2.24, 2.45) is 0 Å². The van der Waals surface area contributed by atoms with E-state index in [1.54, 1.807) is 18.2 Å². The van der Waals surface area contributed by atoms with E-state index in [4.69, 9.17) is 0 Å². The molecule has 5 heteroatoms. The minimum atomic E-state index is -2.73. The molecule has 1 saturated carbocycles. The Morgan fingerprint density at radius 1 is 1.11 bits per heavy atom. The number of thiol groups is 1. The fourth-order valence-electron chi connectivity index (χ4n) is 2.33. The fraction of sp³-hybridized carbons (Fsp3) is 0.462. The van der Waals surface area contributed by atoms with Crippen molar-refractivity contribution in [2.75, 3.05) is 0 Å². The lowest BCUT2D eigenvalue weighted by molar-refractivity contribution is 0.0924. The first kappa shape index (κ1) is 13.1. The van der Waals surface area contributed by atoms with Gasteiger partial charge in [-0.2, -0.15) is 0 Å². The molecule has 98 valence electrons. The van der Waals surface area contributed by atoms with Gasteiger partial charge in [0.1, 0.15) is 0 Å². The normalized spacial score (nSPS) is 16.7. The lowest BCUT2D eigenvalue weighted by atomic mass is 9.95. The Morgan fingerprint density at radius 3 is 2.44 bits per heavy atom. The average Bonchev–Trinajstić information content (AvgIpc) is 2.40. The summed E-state index contributed by atoms with van der Waals surface area (Å²) in [6.07, 6.45) is 5.44. The number of benzene rings is 1. The van der Waals surface area contributed by atoms with Gasteiger partial charge in [0.15, 0.2) is 10.7 Å². The van der Waals surface area contributed by atoms with Crippen molar-refractivity contribution in [2.45, 2.75) is 43.0 Å². The molecule has 1 aromatic rings. The van der Waals surface area contributed by atoms with Gasteiger partial charge in [-0.05, 0) is 25.0 Å². The molecule has 0 saturated heterocycles. The maximum atomic E-state index is 12.1. The van der Waals surface area contributed by atoms with Crippen LogP contribution in [0.1, 0.15) is 42.5 Å². The fourth-order valence-corrected chi connectivity index (χ4v) is 2.92. The summed E-state index contributed by atoms with van der Waals surface area (Å²) in [5.74, 6) is -0.281. The summed E-state index contributed by atoms with van der Waals surface area (Å²) >= 11 is 0. The highest BCUT2D eigenvalue weighted by Gasteiger charge is 2.18. The van der Waals surface area contributed by atoms with Crippen molar-refractivity contribution in [3.63, 3.8) is 0 Å². The lowest BCUT2D eigenvalue weighted by Crippen LogP contribution is -2.36. The zero-order valence-electron chi connectivity index (χ0n) is 10.1. The van der Waals surface area contributed by atoms with Gasteiger partial charge in [0, 0.05) is 6.04 Å². The van der Waals surface area contributed by atoms with Crippen LogP contribution < -0.4 is 5.32 Å². The molecule has 0 radical (unpaired) electrons. The molecule has 2 rings (SSSR count). The second-order valence-corrected chi connectivity index (χ2v) is 5.58. The van der Waals surface area contributed by atoms with E-state index in [0.717, 1.165) is 25.7 Å². The van der Waals surface area contributed by atoms with E-state index in [1.165, 1.54) is 12.5 Å².